The molecule has 0 aromatic carbocycles. The lowest BCUT2D eigenvalue weighted by Gasteiger charge is -2.27. The van der Waals surface area contributed by atoms with Crippen LogP contribution in [-0.2, 0) is 18.4 Å². The molecule has 0 rings (SSSR count). The molecule has 0 aromatic heterocycles. The molecule has 5 heteroatoms. The Bertz CT molecular complexity index is 178. The first-order valence-electron chi connectivity index (χ1n) is 4.73. The molecule has 0 unspecified atom stereocenters. The van der Waals surface area contributed by atoms with Crippen LogP contribution in [0.5, 0.6) is 0 Å². The molecule has 0 aliphatic carbocycles. The molecule has 0 bridgehead atoms. The molecule has 0 heterocycles. The number of carbonyl (C=O) groups is 1. The van der Waals surface area contributed by atoms with Crippen LogP contribution >= 0.6 is 0 Å². The second-order valence-electron chi connectivity index (χ2n) is 3.66. The van der Waals surface area contributed by atoms with E-state index in [0.29, 0.717) is 6.61 Å². The molecule has 0 amide bonds. The van der Waals surface area contributed by atoms with Gasteiger partial charge in [0.1, 0.15) is 5.04 Å². The van der Waals surface area contributed by atoms with Crippen molar-refractivity contribution in [1.29, 1.82) is 0 Å². The van der Waals surface area contributed by atoms with E-state index in [2.05, 4.69) is 0 Å². The van der Waals surface area contributed by atoms with Gasteiger partial charge in [-0.15, -0.1) is 0 Å². The second kappa shape index (κ2) is 6.16. The van der Waals surface area contributed by atoms with E-state index in [-0.39, 0.29) is 5.97 Å². The van der Waals surface area contributed by atoms with Crippen LogP contribution in [0.3, 0.4) is 0 Å². The maximum Gasteiger partial charge on any atom is 0.338 e. The van der Waals surface area contributed by atoms with Gasteiger partial charge in [-0.05, 0) is 20.3 Å². The highest BCUT2D eigenvalue weighted by Gasteiger charge is 2.41. The summed E-state index contributed by atoms with van der Waals surface area (Å²) in [5, 5.41) is -0.640. The first kappa shape index (κ1) is 13.6. The van der Waals surface area contributed by atoms with Crippen LogP contribution < -0.4 is 0 Å². The summed E-state index contributed by atoms with van der Waals surface area (Å²) < 4.78 is 15.4. The lowest BCUT2D eigenvalue weighted by atomic mass is 10.2. The number of esters is 1. The molecule has 14 heavy (non-hydrogen) atoms. The van der Waals surface area contributed by atoms with Crippen molar-refractivity contribution in [2.75, 3.05) is 20.8 Å². The summed E-state index contributed by atoms with van der Waals surface area (Å²) in [5.74, 6) is -0.236. The van der Waals surface area contributed by atoms with Crippen molar-refractivity contribution in [2.45, 2.75) is 32.2 Å². The fraction of sp³-hybridized carbons (Fsp3) is 0.889. The fourth-order valence-electron chi connectivity index (χ4n) is 1.16. The van der Waals surface area contributed by atoms with Crippen LogP contribution in [0.1, 0.15) is 27.2 Å². The number of hydrogen-bond donors (Lipinski definition) is 0. The highest BCUT2D eigenvalue weighted by molar-refractivity contribution is 6.53. The van der Waals surface area contributed by atoms with E-state index >= 15 is 0 Å². The monoisotopic (exact) mass is 220 g/mol. The van der Waals surface area contributed by atoms with Gasteiger partial charge in [0.05, 0.1) is 6.61 Å². The third kappa shape index (κ3) is 3.40. The Morgan fingerprint density at radius 1 is 1.29 bits per heavy atom. The average molecular weight is 220 g/mol. The van der Waals surface area contributed by atoms with Crippen LogP contribution in [0.2, 0.25) is 5.04 Å². The van der Waals surface area contributed by atoms with Crippen molar-refractivity contribution >= 4 is 15.3 Å². The molecule has 84 valence electrons. The zero-order valence-corrected chi connectivity index (χ0v) is 10.8. The molecule has 0 aliphatic heterocycles. The Morgan fingerprint density at radius 2 is 1.79 bits per heavy atom. The topological polar surface area (TPSA) is 44.8 Å². The van der Waals surface area contributed by atoms with E-state index in [1.807, 2.05) is 6.92 Å². The van der Waals surface area contributed by atoms with E-state index in [0.717, 1.165) is 6.42 Å². The molecule has 0 spiro atoms. The van der Waals surface area contributed by atoms with Gasteiger partial charge in [-0.1, -0.05) is 6.92 Å². The number of hydrogen-bond acceptors (Lipinski definition) is 4. The fourth-order valence-corrected chi connectivity index (χ4v) is 2.81. The van der Waals surface area contributed by atoms with Crippen LogP contribution in [0.4, 0.5) is 0 Å². The van der Waals surface area contributed by atoms with Gasteiger partial charge in [-0.25, -0.2) is 0 Å². The summed E-state index contributed by atoms with van der Waals surface area (Å²) >= 11 is 0. The van der Waals surface area contributed by atoms with Crippen LogP contribution in [-0.4, -0.2) is 36.1 Å². The van der Waals surface area contributed by atoms with Crippen molar-refractivity contribution in [2.24, 2.45) is 0 Å². The van der Waals surface area contributed by atoms with Crippen molar-refractivity contribution in [3.05, 3.63) is 0 Å². The zero-order chi connectivity index (χ0) is 11.2. The summed E-state index contributed by atoms with van der Waals surface area (Å²) in [4.78, 5) is 11.6. The summed E-state index contributed by atoms with van der Waals surface area (Å²) in [5.41, 5.74) is 0. The van der Waals surface area contributed by atoms with E-state index in [4.69, 9.17) is 13.6 Å². The van der Waals surface area contributed by atoms with Crippen molar-refractivity contribution in [1.82, 2.24) is 0 Å². The minimum Gasteiger partial charge on any atom is -0.465 e. The average Bonchev–Trinajstić information content (AvgIpc) is 2.15. The molecule has 0 radical (unpaired) electrons. The minimum atomic E-state index is -1.98. The Balaban J connectivity index is 4.34. The van der Waals surface area contributed by atoms with Crippen LogP contribution in [0.25, 0.3) is 0 Å². The van der Waals surface area contributed by atoms with E-state index < -0.39 is 14.3 Å². The number of carbonyl (C=O) groups excluding carboxylic acids is 1. The Kier molecular flexibility index (Phi) is 5.99. The maximum atomic E-state index is 11.6. The van der Waals surface area contributed by atoms with Crippen molar-refractivity contribution < 1.29 is 18.4 Å². The highest BCUT2D eigenvalue weighted by Crippen LogP contribution is 2.30. The number of ether oxygens (including phenoxy) is 1. The first-order chi connectivity index (χ1) is 6.50. The lowest BCUT2D eigenvalue weighted by Crippen LogP contribution is -2.39. The summed E-state index contributed by atoms with van der Waals surface area (Å²) in [6.45, 7) is 6.02. The third-order valence-electron chi connectivity index (χ3n) is 1.98. The standard InChI is InChI=1S/C9H20O4Si/c1-6-7-13-8(10)9(2,3)14(11-4)12-5/h14H,6-7H2,1-5H3. The van der Waals surface area contributed by atoms with Gasteiger partial charge in [0.2, 0.25) is 0 Å². The molecule has 0 aliphatic rings. The quantitative estimate of drug-likeness (QED) is 0.499. The highest BCUT2D eigenvalue weighted by atomic mass is 28.3. The summed E-state index contributed by atoms with van der Waals surface area (Å²) in [7, 11) is 1.15. The predicted molar refractivity (Wildman–Crippen MR) is 56.5 cm³/mol. The Hall–Kier alpha value is -0.393. The van der Waals surface area contributed by atoms with Gasteiger partial charge in [0.25, 0.3) is 0 Å². The molecule has 0 saturated heterocycles. The zero-order valence-electron chi connectivity index (χ0n) is 9.62. The van der Waals surface area contributed by atoms with Crippen LogP contribution in [0, 0.1) is 0 Å². The molecule has 0 N–H and O–H groups in total. The van der Waals surface area contributed by atoms with Gasteiger partial charge in [0, 0.05) is 14.2 Å². The van der Waals surface area contributed by atoms with Gasteiger partial charge in [-0.3, -0.25) is 4.79 Å². The molecule has 0 aromatic rings. The third-order valence-corrected chi connectivity index (χ3v) is 4.25. The van der Waals surface area contributed by atoms with Gasteiger partial charge in [-0.2, -0.15) is 0 Å². The van der Waals surface area contributed by atoms with E-state index in [1.165, 1.54) is 0 Å². The summed E-state index contributed by atoms with van der Waals surface area (Å²) in [6.07, 6.45) is 0.827. The van der Waals surface area contributed by atoms with Crippen molar-refractivity contribution in [3.8, 4) is 0 Å². The maximum absolute atomic E-state index is 11.6. The second-order valence-corrected chi connectivity index (χ2v) is 6.71. The molecule has 0 saturated carbocycles. The lowest BCUT2D eigenvalue weighted by molar-refractivity contribution is -0.147. The Labute approximate surface area is 87.4 Å². The first-order valence-corrected chi connectivity index (χ1v) is 6.25. The Morgan fingerprint density at radius 3 is 2.14 bits per heavy atom. The molecule has 0 atom stereocenters. The van der Waals surface area contributed by atoms with E-state index in [9.17, 15) is 4.79 Å². The summed E-state index contributed by atoms with van der Waals surface area (Å²) in [6, 6.07) is 0. The molecule has 0 fully saturated rings. The van der Waals surface area contributed by atoms with Crippen molar-refractivity contribution in [3.63, 3.8) is 0 Å². The normalized spacial score (nSPS) is 11.9. The largest absolute Gasteiger partial charge is 0.465 e. The minimum absolute atomic E-state index is 0.236. The smallest absolute Gasteiger partial charge is 0.338 e. The van der Waals surface area contributed by atoms with Gasteiger partial charge < -0.3 is 13.6 Å². The molecular formula is C9H20O4Si. The number of rotatable bonds is 6. The molecule has 4 nitrogen and oxygen atoms in total. The van der Waals surface area contributed by atoms with Gasteiger partial charge in [0.15, 0.2) is 0 Å². The van der Waals surface area contributed by atoms with E-state index in [1.54, 1.807) is 28.1 Å². The SMILES string of the molecule is CCCOC(=O)C(C)(C)[SiH](OC)OC. The predicted octanol–water partition coefficient (Wildman–Crippen LogP) is 1.23. The van der Waals surface area contributed by atoms with Crippen LogP contribution in [0.15, 0.2) is 0 Å². The molecular weight excluding hydrogens is 200 g/mol. The van der Waals surface area contributed by atoms with Gasteiger partial charge >= 0.3 is 15.3 Å².